The Morgan fingerprint density at radius 2 is 1.95 bits per heavy atom. The van der Waals surface area contributed by atoms with E-state index < -0.39 is 5.60 Å². The third-order valence-electron chi connectivity index (χ3n) is 4.09. The van der Waals surface area contributed by atoms with Crippen LogP contribution in [0.3, 0.4) is 0 Å². The van der Waals surface area contributed by atoms with E-state index in [0.29, 0.717) is 11.5 Å². The van der Waals surface area contributed by atoms with Gasteiger partial charge in [0.25, 0.3) is 0 Å². The number of carbonyl (C=O) groups is 1. The van der Waals surface area contributed by atoms with Crippen molar-refractivity contribution in [1.82, 2.24) is 5.32 Å². The Morgan fingerprint density at radius 3 is 2.60 bits per heavy atom. The van der Waals surface area contributed by atoms with Gasteiger partial charge in [0.05, 0.1) is 5.56 Å². The summed E-state index contributed by atoms with van der Waals surface area (Å²) in [5, 5.41) is 6.37. The molecule has 1 aromatic rings. The molecule has 0 atom stereocenters. The molecule has 20 heavy (non-hydrogen) atoms. The number of carbonyl (C=O) groups excluding carboxylic acids is 1. The predicted molar refractivity (Wildman–Crippen MR) is 81.1 cm³/mol. The van der Waals surface area contributed by atoms with Crippen molar-refractivity contribution in [3.05, 3.63) is 29.8 Å². The number of hydrogen-bond acceptors (Lipinski definition) is 4. The van der Waals surface area contributed by atoms with Gasteiger partial charge in [0.2, 0.25) is 0 Å². The van der Waals surface area contributed by atoms with E-state index in [4.69, 9.17) is 4.74 Å². The fraction of sp³-hybridized carbons (Fsp3) is 0.562. The standard InChI is InChI=1S/C16H24N2O2/c1-16(2,12-8-10-18-11-9-12)20-15(19)13-6-4-5-7-14(13)17-3/h4-7,12,17-18H,8-11H2,1-3H3. The molecule has 0 radical (unpaired) electrons. The van der Waals surface area contributed by atoms with Crippen LogP contribution in [0.1, 0.15) is 37.0 Å². The first-order valence-electron chi connectivity index (χ1n) is 7.25. The number of para-hydroxylation sites is 1. The highest BCUT2D eigenvalue weighted by molar-refractivity contribution is 5.95. The molecule has 2 N–H and O–H groups in total. The molecule has 110 valence electrons. The molecular formula is C16H24N2O2. The molecular weight excluding hydrogens is 252 g/mol. The van der Waals surface area contributed by atoms with Crippen LogP contribution >= 0.6 is 0 Å². The zero-order chi connectivity index (χ0) is 14.6. The molecule has 0 bridgehead atoms. The van der Waals surface area contributed by atoms with E-state index in [1.54, 1.807) is 6.07 Å². The molecule has 0 saturated carbocycles. The van der Waals surface area contributed by atoms with Gasteiger partial charge in [-0.25, -0.2) is 4.79 Å². The molecule has 0 unspecified atom stereocenters. The molecule has 0 spiro atoms. The van der Waals surface area contributed by atoms with Gasteiger partial charge in [0.15, 0.2) is 0 Å². The quantitative estimate of drug-likeness (QED) is 0.830. The van der Waals surface area contributed by atoms with E-state index in [2.05, 4.69) is 10.6 Å². The molecule has 4 heteroatoms. The Labute approximate surface area is 120 Å². The molecule has 0 aromatic heterocycles. The van der Waals surface area contributed by atoms with Crippen molar-refractivity contribution in [3.63, 3.8) is 0 Å². The maximum absolute atomic E-state index is 12.4. The zero-order valence-electron chi connectivity index (χ0n) is 12.5. The summed E-state index contributed by atoms with van der Waals surface area (Å²) in [5.74, 6) is 0.160. The van der Waals surface area contributed by atoms with Gasteiger partial charge in [-0.3, -0.25) is 0 Å². The van der Waals surface area contributed by atoms with Crippen LogP contribution in [0.5, 0.6) is 0 Å². The lowest BCUT2D eigenvalue weighted by molar-refractivity contribution is -0.0367. The maximum atomic E-state index is 12.4. The van der Waals surface area contributed by atoms with Crippen LogP contribution in [0.15, 0.2) is 24.3 Å². The summed E-state index contributed by atoms with van der Waals surface area (Å²) >= 11 is 0. The van der Waals surface area contributed by atoms with Gasteiger partial charge in [-0.2, -0.15) is 0 Å². The molecule has 1 fully saturated rings. The number of benzene rings is 1. The molecule has 0 aliphatic carbocycles. The minimum absolute atomic E-state index is 0.251. The Hall–Kier alpha value is -1.55. The van der Waals surface area contributed by atoms with E-state index in [9.17, 15) is 4.79 Å². The van der Waals surface area contributed by atoms with E-state index >= 15 is 0 Å². The molecule has 2 rings (SSSR count). The van der Waals surface area contributed by atoms with Gasteiger partial charge in [0, 0.05) is 18.7 Å². The SMILES string of the molecule is CNc1ccccc1C(=O)OC(C)(C)C1CCNCC1. The monoisotopic (exact) mass is 276 g/mol. The van der Waals surface area contributed by atoms with Crippen LogP contribution in [-0.2, 0) is 4.74 Å². The fourth-order valence-corrected chi connectivity index (χ4v) is 2.77. The summed E-state index contributed by atoms with van der Waals surface area (Å²) in [6.07, 6.45) is 2.10. The third kappa shape index (κ3) is 3.31. The number of hydrogen-bond donors (Lipinski definition) is 2. The zero-order valence-corrected chi connectivity index (χ0v) is 12.5. The average molecular weight is 276 g/mol. The second kappa shape index (κ2) is 6.27. The third-order valence-corrected chi connectivity index (χ3v) is 4.09. The van der Waals surface area contributed by atoms with E-state index in [1.165, 1.54) is 0 Å². The van der Waals surface area contributed by atoms with Crippen LogP contribution in [-0.4, -0.2) is 31.7 Å². The Morgan fingerprint density at radius 1 is 1.30 bits per heavy atom. The summed E-state index contributed by atoms with van der Waals surface area (Å²) in [6.45, 7) is 6.03. The first-order chi connectivity index (χ1) is 9.54. The van der Waals surface area contributed by atoms with E-state index in [-0.39, 0.29) is 5.97 Å². The molecule has 1 aliphatic rings. The van der Waals surface area contributed by atoms with Gasteiger partial charge >= 0.3 is 5.97 Å². The molecule has 4 nitrogen and oxygen atoms in total. The maximum Gasteiger partial charge on any atom is 0.340 e. The highest BCUT2D eigenvalue weighted by Gasteiger charge is 2.34. The van der Waals surface area contributed by atoms with Crippen molar-refractivity contribution < 1.29 is 9.53 Å². The molecule has 1 saturated heterocycles. The van der Waals surface area contributed by atoms with Crippen molar-refractivity contribution in [2.75, 3.05) is 25.5 Å². The van der Waals surface area contributed by atoms with Crippen molar-refractivity contribution >= 4 is 11.7 Å². The van der Waals surface area contributed by atoms with Crippen LogP contribution in [0.2, 0.25) is 0 Å². The van der Waals surface area contributed by atoms with Crippen molar-refractivity contribution in [1.29, 1.82) is 0 Å². The first-order valence-corrected chi connectivity index (χ1v) is 7.25. The number of rotatable bonds is 4. The van der Waals surface area contributed by atoms with Gasteiger partial charge in [-0.1, -0.05) is 12.1 Å². The summed E-state index contributed by atoms with van der Waals surface area (Å²) in [5.41, 5.74) is 0.968. The largest absolute Gasteiger partial charge is 0.456 e. The van der Waals surface area contributed by atoms with Gasteiger partial charge in [0.1, 0.15) is 5.60 Å². The lowest BCUT2D eigenvalue weighted by Crippen LogP contribution is -2.42. The minimum Gasteiger partial charge on any atom is -0.456 e. The second-order valence-corrected chi connectivity index (χ2v) is 5.81. The number of anilines is 1. The fourth-order valence-electron chi connectivity index (χ4n) is 2.77. The van der Waals surface area contributed by atoms with Crippen molar-refractivity contribution in [3.8, 4) is 0 Å². The normalized spacial score (nSPS) is 16.8. The molecule has 0 amide bonds. The number of piperidine rings is 1. The minimum atomic E-state index is -0.431. The van der Waals surface area contributed by atoms with Crippen LogP contribution < -0.4 is 10.6 Å². The van der Waals surface area contributed by atoms with Gasteiger partial charge in [-0.15, -0.1) is 0 Å². The Kier molecular flexibility index (Phi) is 4.65. The summed E-state index contributed by atoms with van der Waals surface area (Å²) in [4.78, 5) is 12.4. The highest BCUT2D eigenvalue weighted by Crippen LogP contribution is 2.30. The second-order valence-electron chi connectivity index (χ2n) is 5.81. The topological polar surface area (TPSA) is 50.4 Å². The van der Waals surface area contributed by atoms with E-state index in [0.717, 1.165) is 31.6 Å². The van der Waals surface area contributed by atoms with Gasteiger partial charge < -0.3 is 15.4 Å². The number of esters is 1. The Balaban J connectivity index is 2.09. The first kappa shape index (κ1) is 14.9. The summed E-state index contributed by atoms with van der Waals surface area (Å²) in [7, 11) is 1.81. The van der Waals surface area contributed by atoms with E-state index in [1.807, 2.05) is 39.1 Å². The molecule has 1 aromatic carbocycles. The van der Waals surface area contributed by atoms with Crippen LogP contribution in [0.25, 0.3) is 0 Å². The number of nitrogens with one attached hydrogen (secondary N) is 2. The Bertz CT molecular complexity index is 465. The van der Waals surface area contributed by atoms with Crippen molar-refractivity contribution in [2.24, 2.45) is 5.92 Å². The van der Waals surface area contributed by atoms with Crippen LogP contribution in [0.4, 0.5) is 5.69 Å². The molecule has 1 aliphatic heterocycles. The summed E-state index contributed by atoms with van der Waals surface area (Å²) < 4.78 is 5.80. The number of ether oxygens (including phenoxy) is 1. The summed E-state index contributed by atoms with van der Waals surface area (Å²) in [6, 6.07) is 7.44. The average Bonchev–Trinajstić information content (AvgIpc) is 2.47. The molecule has 1 heterocycles. The smallest absolute Gasteiger partial charge is 0.340 e. The van der Waals surface area contributed by atoms with Gasteiger partial charge in [-0.05, 0) is 51.9 Å². The lowest BCUT2D eigenvalue weighted by atomic mass is 9.83. The van der Waals surface area contributed by atoms with Crippen LogP contribution in [0, 0.1) is 5.92 Å². The highest BCUT2D eigenvalue weighted by atomic mass is 16.6. The van der Waals surface area contributed by atoms with Crippen molar-refractivity contribution in [2.45, 2.75) is 32.3 Å². The lowest BCUT2D eigenvalue weighted by Gasteiger charge is -2.36. The predicted octanol–water partition coefficient (Wildman–Crippen LogP) is 2.66.